The Hall–Kier alpha value is -5.28. The van der Waals surface area contributed by atoms with Gasteiger partial charge < -0.3 is 4.98 Å². The standard InChI is InChI=1S/C40H33N3/c1-3-27(2)39(34-19-12-18-33-32(34)23-21-29-22-24-36-35(38(29)33)25-26-41-36)43-40(30-15-8-5-9-16-30)42-37-20-11-10-17-31(37)28-13-6-4-7-14-28/h4-27,41H,3H2,1-2H3/b42-40-,43-39+. The van der Waals surface area contributed by atoms with Crippen LogP contribution in [-0.4, -0.2) is 16.5 Å². The van der Waals surface area contributed by atoms with Crippen LogP contribution < -0.4 is 0 Å². The first-order valence-corrected chi connectivity index (χ1v) is 15.0. The predicted molar refractivity (Wildman–Crippen MR) is 184 cm³/mol. The lowest BCUT2D eigenvalue weighted by Gasteiger charge is -2.18. The summed E-state index contributed by atoms with van der Waals surface area (Å²) in [6, 6.07) is 46.8. The van der Waals surface area contributed by atoms with Crippen molar-refractivity contribution in [2.24, 2.45) is 15.9 Å². The minimum Gasteiger partial charge on any atom is -0.361 e. The van der Waals surface area contributed by atoms with Crippen molar-refractivity contribution in [2.45, 2.75) is 20.3 Å². The highest BCUT2D eigenvalue weighted by Gasteiger charge is 2.18. The van der Waals surface area contributed by atoms with Crippen molar-refractivity contribution in [3.8, 4) is 11.1 Å². The number of H-pyrrole nitrogens is 1. The van der Waals surface area contributed by atoms with Crippen LogP contribution in [0.1, 0.15) is 31.4 Å². The summed E-state index contributed by atoms with van der Waals surface area (Å²) in [5.41, 5.74) is 7.47. The molecule has 1 aromatic heterocycles. The van der Waals surface area contributed by atoms with Gasteiger partial charge in [0.25, 0.3) is 0 Å². The van der Waals surface area contributed by atoms with Gasteiger partial charge in [-0.05, 0) is 57.6 Å². The van der Waals surface area contributed by atoms with E-state index in [1.54, 1.807) is 0 Å². The SMILES string of the molecule is CCC(C)/C(=N\C(=N/c1ccccc1-c1ccccc1)c1ccccc1)c1cccc2c1ccc1ccc3[nH]ccc3c12. The zero-order valence-electron chi connectivity index (χ0n) is 24.5. The summed E-state index contributed by atoms with van der Waals surface area (Å²) in [6.07, 6.45) is 2.99. The molecule has 0 aliphatic rings. The predicted octanol–water partition coefficient (Wildman–Crippen LogP) is 10.8. The van der Waals surface area contributed by atoms with Gasteiger partial charge in [0, 0.05) is 33.8 Å². The molecule has 7 rings (SSSR count). The molecule has 0 saturated carbocycles. The van der Waals surface area contributed by atoms with Gasteiger partial charge in [-0.15, -0.1) is 0 Å². The van der Waals surface area contributed by atoms with E-state index in [9.17, 15) is 0 Å². The molecule has 208 valence electrons. The average Bonchev–Trinajstić information content (AvgIpc) is 3.56. The first kappa shape index (κ1) is 26.6. The molecule has 0 aliphatic heterocycles. The van der Waals surface area contributed by atoms with Gasteiger partial charge in [0.2, 0.25) is 0 Å². The van der Waals surface area contributed by atoms with E-state index in [2.05, 4.69) is 134 Å². The molecular formula is C40H33N3. The second-order valence-corrected chi connectivity index (χ2v) is 11.1. The van der Waals surface area contributed by atoms with Crippen molar-refractivity contribution in [2.75, 3.05) is 0 Å². The summed E-state index contributed by atoms with van der Waals surface area (Å²) >= 11 is 0. The van der Waals surface area contributed by atoms with Gasteiger partial charge in [-0.3, -0.25) is 0 Å². The second kappa shape index (κ2) is 11.5. The topological polar surface area (TPSA) is 40.5 Å². The number of benzene rings is 6. The third-order valence-corrected chi connectivity index (χ3v) is 8.40. The first-order chi connectivity index (χ1) is 21.2. The zero-order valence-corrected chi connectivity index (χ0v) is 24.5. The summed E-state index contributed by atoms with van der Waals surface area (Å²) in [5, 5.41) is 6.20. The van der Waals surface area contributed by atoms with Gasteiger partial charge in [0.15, 0.2) is 5.84 Å². The Morgan fingerprint density at radius 2 is 1.42 bits per heavy atom. The Balaban J connectivity index is 1.47. The number of aromatic nitrogens is 1. The molecule has 6 aromatic carbocycles. The smallest absolute Gasteiger partial charge is 0.160 e. The van der Waals surface area contributed by atoms with Crippen LogP contribution in [-0.2, 0) is 0 Å². The Labute approximate surface area is 252 Å². The molecule has 0 bridgehead atoms. The lowest BCUT2D eigenvalue weighted by Crippen LogP contribution is -2.15. The van der Waals surface area contributed by atoms with Crippen LogP contribution in [0.4, 0.5) is 5.69 Å². The van der Waals surface area contributed by atoms with Crippen LogP contribution in [0.25, 0.3) is 43.6 Å². The van der Waals surface area contributed by atoms with Gasteiger partial charge >= 0.3 is 0 Å². The molecule has 3 nitrogen and oxygen atoms in total. The minimum absolute atomic E-state index is 0.225. The number of amidine groups is 1. The van der Waals surface area contributed by atoms with Crippen LogP contribution in [0.2, 0.25) is 0 Å². The number of hydrogen-bond acceptors (Lipinski definition) is 1. The van der Waals surface area contributed by atoms with E-state index in [0.717, 1.165) is 45.6 Å². The highest BCUT2D eigenvalue weighted by atomic mass is 14.9. The summed E-state index contributed by atoms with van der Waals surface area (Å²) in [6.45, 7) is 4.50. The number of aliphatic imine (C=N–C) groups is 2. The molecule has 0 radical (unpaired) electrons. The fraction of sp³-hybridized carbons (Fsp3) is 0.100. The summed E-state index contributed by atoms with van der Waals surface area (Å²) < 4.78 is 0. The zero-order chi connectivity index (χ0) is 29.2. The summed E-state index contributed by atoms with van der Waals surface area (Å²) in [5.74, 6) is 0.938. The van der Waals surface area contributed by atoms with Gasteiger partial charge in [0.1, 0.15) is 0 Å². The fourth-order valence-electron chi connectivity index (χ4n) is 5.98. The number of nitrogens with zero attached hydrogens (tertiary/aromatic N) is 2. The van der Waals surface area contributed by atoms with Crippen LogP contribution >= 0.6 is 0 Å². The van der Waals surface area contributed by atoms with Gasteiger partial charge in [-0.1, -0.05) is 129 Å². The number of para-hydroxylation sites is 1. The third-order valence-electron chi connectivity index (χ3n) is 8.40. The van der Waals surface area contributed by atoms with E-state index in [4.69, 9.17) is 9.98 Å². The Kier molecular flexibility index (Phi) is 7.14. The number of fused-ring (bicyclic) bond motifs is 5. The molecule has 1 heterocycles. The van der Waals surface area contributed by atoms with E-state index < -0.39 is 0 Å². The molecule has 0 aliphatic carbocycles. The highest BCUT2D eigenvalue weighted by molar-refractivity contribution is 6.25. The molecule has 7 aromatic rings. The lowest BCUT2D eigenvalue weighted by molar-refractivity contribution is 0.741. The quantitative estimate of drug-likeness (QED) is 0.120. The molecule has 43 heavy (non-hydrogen) atoms. The maximum absolute atomic E-state index is 5.46. The fourth-order valence-corrected chi connectivity index (χ4v) is 5.98. The Bertz CT molecular complexity index is 2120. The second-order valence-electron chi connectivity index (χ2n) is 11.1. The first-order valence-electron chi connectivity index (χ1n) is 15.0. The van der Waals surface area contributed by atoms with Crippen LogP contribution in [0.5, 0.6) is 0 Å². The van der Waals surface area contributed by atoms with Crippen molar-refractivity contribution in [3.05, 3.63) is 151 Å². The molecule has 0 amide bonds. The summed E-state index contributed by atoms with van der Waals surface area (Å²) in [7, 11) is 0. The van der Waals surface area contributed by atoms with E-state index >= 15 is 0 Å². The highest BCUT2D eigenvalue weighted by Crippen LogP contribution is 2.35. The number of hydrogen-bond donors (Lipinski definition) is 1. The van der Waals surface area contributed by atoms with Crippen molar-refractivity contribution < 1.29 is 0 Å². The van der Waals surface area contributed by atoms with Crippen molar-refractivity contribution in [1.82, 2.24) is 4.98 Å². The molecule has 0 saturated heterocycles. The maximum Gasteiger partial charge on any atom is 0.160 e. The van der Waals surface area contributed by atoms with E-state index in [-0.39, 0.29) is 5.92 Å². The lowest BCUT2D eigenvalue weighted by atomic mass is 9.89. The van der Waals surface area contributed by atoms with E-state index in [0.29, 0.717) is 5.84 Å². The molecule has 1 unspecified atom stereocenters. The van der Waals surface area contributed by atoms with E-state index in [1.165, 1.54) is 26.9 Å². The van der Waals surface area contributed by atoms with Crippen molar-refractivity contribution in [3.63, 3.8) is 0 Å². The third kappa shape index (κ3) is 5.04. The largest absolute Gasteiger partial charge is 0.361 e. The van der Waals surface area contributed by atoms with Crippen LogP contribution in [0.3, 0.4) is 0 Å². The van der Waals surface area contributed by atoms with Crippen LogP contribution in [0, 0.1) is 5.92 Å². The van der Waals surface area contributed by atoms with Crippen molar-refractivity contribution >= 4 is 49.7 Å². The van der Waals surface area contributed by atoms with Gasteiger partial charge in [-0.2, -0.15) is 0 Å². The monoisotopic (exact) mass is 555 g/mol. The molecule has 0 fully saturated rings. The Morgan fingerprint density at radius 3 is 2.23 bits per heavy atom. The minimum atomic E-state index is 0.225. The van der Waals surface area contributed by atoms with Gasteiger partial charge in [0.05, 0.1) is 11.4 Å². The normalized spacial score (nSPS) is 13.2. The molecular weight excluding hydrogens is 522 g/mol. The Morgan fingerprint density at radius 1 is 0.674 bits per heavy atom. The number of nitrogens with one attached hydrogen (secondary N) is 1. The number of aromatic amines is 1. The maximum atomic E-state index is 5.46. The van der Waals surface area contributed by atoms with E-state index in [1.807, 2.05) is 24.4 Å². The average molecular weight is 556 g/mol. The molecule has 3 heteroatoms. The summed E-state index contributed by atoms with van der Waals surface area (Å²) in [4.78, 5) is 14.1. The number of rotatable bonds is 6. The van der Waals surface area contributed by atoms with Crippen LogP contribution in [0.15, 0.2) is 150 Å². The van der Waals surface area contributed by atoms with Crippen molar-refractivity contribution in [1.29, 1.82) is 0 Å². The molecule has 1 atom stereocenters. The molecule has 0 spiro atoms. The van der Waals surface area contributed by atoms with Gasteiger partial charge in [-0.25, -0.2) is 9.98 Å². The molecule has 1 N–H and O–H groups in total.